The van der Waals surface area contributed by atoms with Gasteiger partial charge in [-0.3, -0.25) is 9.59 Å². The number of carbonyl (C=O) groups is 2. The van der Waals surface area contributed by atoms with E-state index in [0.29, 0.717) is 17.4 Å². The van der Waals surface area contributed by atoms with Gasteiger partial charge in [0.25, 0.3) is 5.91 Å². The van der Waals surface area contributed by atoms with Crippen LogP contribution in [0.25, 0.3) is 0 Å². The van der Waals surface area contributed by atoms with Crippen molar-refractivity contribution in [2.75, 3.05) is 19.8 Å². The molecule has 2 atom stereocenters. The van der Waals surface area contributed by atoms with E-state index in [1.54, 1.807) is 24.3 Å². The second kappa shape index (κ2) is 9.78. The van der Waals surface area contributed by atoms with Crippen molar-refractivity contribution >= 4 is 23.4 Å². The van der Waals surface area contributed by atoms with Crippen LogP contribution in [-0.2, 0) is 14.3 Å². The molecule has 26 heavy (non-hydrogen) atoms. The van der Waals surface area contributed by atoms with Crippen molar-refractivity contribution in [1.82, 2.24) is 10.6 Å². The number of hydrogen-bond acceptors (Lipinski definition) is 4. The Morgan fingerprint density at radius 2 is 1.92 bits per heavy atom. The molecule has 1 fully saturated rings. The number of benzene rings is 1. The lowest BCUT2D eigenvalue weighted by Crippen LogP contribution is -2.46. The van der Waals surface area contributed by atoms with Crippen LogP contribution in [0.2, 0.25) is 5.02 Å². The maximum absolute atomic E-state index is 12.1. The molecule has 0 saturated heterocycles. The van der Waals surface area contributed by atoms with Crippen LogP contribution in [0.1, 0.15) is 39.5 Å². The summed E-state index contributed by atoms with van der Waals surface area (Å²) in [7, 11) is 0. The van der Waals surface area contributed by atoms with Gasteiger partial charge in [-0.25, -0.2) is 0 Å². The van der Waals surface area contributed by atoms with E-state index >= 15 is 0 Å². The minimum Gasteiger partial charge on any atom is -0.484 e. The van der Waals surface area contributed by atoms with E-state index in [9.17, 15) is 9.59 Å². The summed E-state index contributed by atoms with van der Waals surface area (Å²) in [6.07, 6.45) is 3.44. The lowest BCUT2D eigenvalue weighted by Gasteiger charge is -2.18. The van der Waals surface area contributed by atoms with Crippen LogP contribution in [0.3, 0.4) is 0 Å². The molecular formula is C19H27ClN2O4. The zero-order valence-electron chi connectivity index (χ0n) is 15.3. The average molecular weight is 383 g/mol. The first-order valence-electron chi connectivity index (χ1n) is 9.05. The second-order valence-corrected chi connectivity index (χ2v) is 6.97. The van der Waals surface area contributed by atoms with Gasteiger partial charge in [-0.05, 0) is 43.5 Å². The highest BCUT2D eigenvalue weighted by Gasteiger charge is 2.54. The van der Waals surface area contributed by atoms with Crippen LogP contribution in [-0.4, -0.2) is 43.2 Å². The molecule has 0 spiro atoms. The molecular weight excluding hydrogens is 356 g/mol. The molecule has 1 aromatic rings. The van der Waals surface area contributed by atoms with Gasteiger partial charge in [0.05, 0.1) is 11.6 Å². The molecule has 0 heterocycles. The van der Waals surface area contributed by atoms with Gasteiger partial charge in [0.2, 0.25) is 5.91 Å². The first-order valence-corrected chi connectivity index (χ1v) is 9.43. The van der Waals surface area contributed by atoms with E-state index in [4.69, 9.17) is 21.1 Å². The van der Waals surface area contributed by atoms with Crippen LogP contribution in [0.4, 0.5) is 0 Å². The summed E-state index contributed by atoms with van der Waals surface area (Å²) < 4.78 is 10.8. The summed E-state index contributed by atoms with van der Waals surface area (Å²) in [6.45, 7) is 4.64. The summed E-state index contributed by atoms with van der Waals surface area (Å²) in [5, 5.41) is 6.52. The summed E-state index contributed by atoms with van der Waals surface area (Å²) in [6, 6.07) is 6.75. The lowest BCUT2D eigenvalue weighted by atomic mass is 10.2. The van der Waals surface area contributed by atoms with Gasteiger partial charge in [-0.2, -0.15) is 0 Å². The zero-order chi connectivity index (χ0) is 19.0. The number of carbonyl (C=O) groups excluding carboxylic acids is 2. The molecule has 0 aliphatic heterocycles. The molecule has 2 rings (SSSR count). The van der Waals surface area contributed by atoms with Crippen LogP contribution in [0.5, 0.6) is 5.75 Å². The number of amides is 2. The number of halogens is 1. The molecule has 144 valence electrons. The number of rotatable bonds is 11. The molecule has 0 aromatic heterocycles. The Bertz CT molecular complexity index is 608. The Balaban J connectivity index is 1.71. The molecule has 2 N–H and O–H groups in total. The summed E-state index contributed by atoms with van der Waals surface area (Å²) >= 11 is 5.81. The van der Waals surface area contributed by atoms with E-state index < -0.39 is 0 Å². The molecule has 1 aromatic carbocycles. The second-order valence-electron chi connectivity index (χ2n) is 6.53. The summed E-state index contributed by atoms with van der Waals surface area (Å²) in [5.41, 5.74) is -0.374. The first-order chi connectivity index (χ1) is 12.5. The highest BCUT2D eigenvalue weighted by atomic mass is 35.5. The Kier molecular flexibility index (Phi) is 7.72. The Labute approximate surface area is 159 Å². The lowest BCUT2D eigenvalue weighted by molar-refractivity contribution is -0.127. The van der Waals surface area contributed by atoms with Gasteiger partial charge < -0.3 is 20.1 Å². The van der Waals surface area contributed by atoms with Crippen molar-refractivity contribution in [2.24, 2.45) is 0 Å². The third-order valence-corrected chi connectivity index (χ3v) is 4.74. The molecule has 7 heteroatoms. The van der Waals surface area contributed by atoms with E-state index in [-0.39, 0.29) is 36.6 Å². The molecule has 6 nitrogen and oxygen atoms in total. The van der Waals surface area contributed by atoms with Crippen molar-refractivity contribution in [3.05, 3.63) is 29.3 Å². The largest absolute Gasteiger partial charge is 0.484 e. The van der Waals surface area contributed by atoms with Crippen LogP contribution in [0.15, 0.2) is 24.3 Å². The molecule has 0 bridgehead atoms. The predicted molar refractivity (Wildman–Crippen MR) is 100 cm³/mol. The number of hydrogen-bond donors (Lipinski definition) is 2. The third-order valence-electron chi connectivity index (χ3n) is 4.49. The maximum atomic E-state index is 12.1. The van der Waals surface area contributed by atoms with Crippen molar-refractivity contribution in [1.29, 1.82) is 0 Å². The fraction of sp³-hybridized carbons (Fsp3) is 0.579. The normalized spacial score (nSPS) is 21.1. The SMILES string of the molecule is CCCCOCC(=O)NC1(CC)CC1NC(=O)COc1ccc(Cl)cc1. The van der Waals surface area contributed by atoms with Gasteiger partial charge in [-0.1, -0.05) is 31.9 Å². The Morgan fingerprint density at radius 1 is 1.19 bits per heavy atom. The smallest absolute Gasteiger partial charge is 0.258 e. The van der Waals surface area contributed by atoms with Gasteiger partial charge in [-0.15, -0.1) is 0 Å². The maximum Gasteiger partial charge on any atom is 0.258 e. The molecule has 2 unspecified atom stereocenters. The fourth-order valence-electron chi connectivity index (χ4n) is 2.75. The van der Waals surface area contributed by atoms with Gasteiger partial charge in [0.1, 0.15) is 12.4 Å². The monoisotopic (exact) mass is 382 g/mol. The molecule has 1 saturated carbocycles. The molecule has 1 aliphatic carbocycles. The van der Waals surface area contributed by atoms with Crippen molar-refractivity contribution < 1.29 is 19.1 Å². The minimum absolute atomic E-state index is 0.0576. The van der Waals surface area contributed by atoms with E-state index in [2.05, 4.69) is 17.6 Å². The van der Waals surface area contributed by atoms with E-state index in [1.807, 2.05) is 6.92 Å². The highest BCUT2D eigenvalue weighted by Crippen LogP contribution is 2.39. The number of ether oxygens (including phenoxy) is 2. The molecule has 2 amide bonds. The summed E-state index contributed by atoms with van der Waals surface area (Å²) in [5.74, 6) is 0.227. The molecule has 0 radical (unpaired) electrons. The Hall–Kier alpha value is -1.79. The number of nitrogens with one attached hydrogen (secondary N) is 2. The van der Waals surface area contributed by atoms with Crippen molar-refractivity contribution in [3.63, 3.8) is 0 Å². The van der Waals surface area contributed by atoms with Crippen molar-refractivity contribution in [2.45, 2.75) is 51.1 Å². The number of unbranched alkanes of at least 4 members (excludes halogenated alkanes) is 1. The Morgan fingerprint density at radius 3 is 2.58 bits per heavy atom. The first kappa shape index (κ1) is 20.5. The third kappa shape index (κ3) is 6.18. The highest BCUT2D eigenvalue weighted by molar-refractivity contribution is 6.30. The summed E-state index contributed by atoms with van der Waals surface area (Å²) in [4.78, 5) is 24.1. The molecule has 1 aliphatic rings. The van der Waals surface area contributed by atoms with Crippen molar-refractivity contribution in [3.8, 4) is 5.75 Å². The van der Waals surface area contributed by atoms with Gasteiger partial charge >= 0.3 is 0 Å². The van der Waals surface area contributed by atoms with Gasteiger partial charge in [0, 0.05) is 11.6 Å². The van der Waals surface area contributed by atoms with Crippen LogP contribution in [0, 0.1) is 0 Å². The average Bonchev–Trinajstić information content (AvgIpc) is 3.30. The van der Waals surface area contributed by atoms with Gasteiger partial charge in [0.15, 0.2) is 6.61 Å². The van der Waals surface area contributed by atoms with E-state index in [1.165, 1.54) is 0 Å². The van der Waals surface area contributed by atoms with E-state index in [0.717, 1.165) is 25.7 Å². The van der Waals surface area contributed by atoms with Crippen LogP contribution >= 0.6 is 11.6 Å². The zero-order valence-corrected chi connectivity index (χ0v) is 16.1. The van der Waals surface area contributed by atoms with Crippen LogP contribution < -0.4 is 15.4 Å². The fourth-order valence-corrected chi connectivity index (χ4v) is 2.88. The predicted octanol–water partition coefficient (Wildman–Crippen LogP) is 2.69. The quantitative estimate of drug-likeness (QED) is 0.577. The minimum atomic E-state index is -0.374. The topological polar surface area (TPSA) is 76.7 Å². The standard InChI is InChI=1S/C19H27ClN2O4/c1-3-5-10-25-12-18(24)22-19(4-2)11-16(19)21-17(23)13-26-15-8-6-14(20)7-9-15/h6-9,16H,3-5,10-13H2,1-2H3,(H,21,23)(H,22,24).